The van der Waals surface area contributed by atoms with E-state index in [1.54, 1.807) is 19.9 Å². The van der Waals surface area contributed by atoms with E-state index in [4.69, 9.17) is 9.47 Å². The molecule has 1 aliphatic heterocycles. The molecule has 0 aromatic heterocycles. The molecule has 3 rings (SSSR count). The fraction of sp³-hybridized carbons (Fsp3) is 0.375. The first-order valence-corrected chi connectivity index (χ1v) is 9.92. The molecule has 3 atom stereocenters. The Labute approximate surface area is 174 Å². The van der Waals surface area contributed by atoms with Crippen LogP contribution >= 0.6 is 0 Å². The highest BCUT2D eigenvalue weighted by molar-refractivity contribution is 5.87. The van der Waals surface area contributed by atoms with Crippen LogP contribution < -0.4 is 0 Å². The Morgan fingerprint density at radius 1 is 1.13 bits per heavy atom. The maximum atomic E-state index is 12.8. The van der Waals surface area contributed by atoms with Crippen LogP contribution in [0.2, 0.25) is 0 Å². The topological polar surface area (TPSA) is 35.5 Å². The Kier molecular flexibility index (Phi) is 6.98. The molecule has 6 heteroatoms. The van der Waals surface area contributed by atoms with Crippen molar-refractivity contribution < 1.29 is 27.4 Å². The molecule has 0 radical (unpaired) electrons. The Morgan fingerprint density at radius 3 is 2.40 bits per heavy atom. The minimum atomic E-state index is -4.35. The van der Waals surface area contributed by atoms with Crippen LogP contribution in [0, 0.1) is 11.8 Å². The number of alkyl halides is 3. The fourth-order valence-corrected chi connectivity index (χ4v) is 3.68. The van der Waals surface area contributed by atoms with Gasteiger partial charge in [-0.05, 0) is 49.4 Å². The first-order chi connectivity index (χ1) is 14.3. The van der Waals surface area contributed by atoms with Crippen molar-refractivity contribution in [3.8, 4) is 0 Å². The molecule has 1 fully saturated rings. The van der Waals surface area contributed by atoms with E-state index in [9.17, 15) is 18.0 Å². The van der Waals surface area contributed by atoms with Gasteiger partial charge in [0.25, 0.3) is 0 Å². The van der Waals surface area contributed by atoms with Crippen LogP contribution in [0.4, 0.5) is 13.2 Å². The maximum Gasteiger partial charge on any atom is 0.416 e. The van der Waals surface area contributed by atoms with Crippen molar-refractivity contribution in [2.75, 3.05) is 13.2 Å². The van der Waals surface area contributed by atoms with Gasteiger partial charge in [-0.25, -0.2) is 4.79 Å². The van der Waals surface area contributed by atoms with Crippen LogP contribution in [0.3, 0.4) is 0 Å². The van der Waals surface area contributed by atoms with Gasteiger partial charge in [0, 0.05) is 11.5 Å². The number of benzene rings is 2. The van der Waals surface area contributed by atoms with Crippen LogP contribution in [-0.2, 0) is 26.9 Å². The van der Waals surface area contributed by atoms with Crippen molar-refractivity contribution in [1.29, 1.82) is 0 Å². The van der Waals surface area contributed by atoms with E-state index < -0.39 is 11.7 Å². The largest absolute Gasteiger partial charge is 0.462 e. The Balaban J connectivity index is 1.76. The molecular weight excluding hydrogens is 393 g/mol. The Hall–Kier alpha value is -2.60. The van der Waals surface area contributed by atoms with Crippen molar-refractivity contribution in [3.63, 3.8) is 0 Å². The lowest BCUT2D eigenvalue weighted by molar-refractivity contribution is -0.141. The van der Waals surface area contributed by atoms with Gasteiger partial charge in [-0.3, -0.25) is 0 Å². The van der Waals surface area contributed by atoms with E-state index in [1.807, 2.05) is 30.3 Å². The first-order valence-electron chi connectivity index (χ1n) is 9.92. The molecule has 30 heavy (non-hydrogen) atoms. The quantitative estimate of drug-likeness (QED) is 0.442. The zero-order chi connectivity index (χ0) is 21.7. The molecule has 2 aromatic carbocycles. The highest BCUT2D eigenvalue weighted by atomic mass is 19.4. The van der Waals surface area contributed by atoms with E-state index in [0.717, 1.165) is 23.3 Å². The van der Waals surface area contributed by atoms with Crippen LogP contribution in [0.25, 0.3) is 0 Å². The lowest BCUT2D eigenvalue weighted by Gasteiger charge is -2.23. The zero-order valence-corrected chi connectivity index (χ0v) is 17.0. The summed E-state index contributed by atoms with van der Waals surface area (Å²) in [5.41, 5.74) is 1.66. The van der Waals surface area contributed by atoms with Gasteiger partial charge in [0.2, 0.25) is 0 Å². The van der Waals surface area contributed by atoms with Gasteiger partial charge < -0.3 is 9.47 Å². The first kappa shape index (κ1) is 22.1. The van der Waals surface area contributed by atoms with Gasteiger partial charge in [0.05, 0.1) is 24.9 Å². The number of hydrogen-bond acceptors (Lipinski definition) is 3. The number of esters is 1. The second-order valence-electron chi connectivity index (χ2n) is 7.56. The van der Waals surface area contributed by atoms with Gasteiger partial charge in [-0.15, -0.1) is 0 Å². The molecule has 1 heterocycles. The number of ether oxygens (including phenoxy) is 2. The van der Waals surface area contributed by atoms with Crippen LogP contribution in [-0.4, -0.2) is 19.2 Å². The molecule has 0 amide bonds. The van der Waals surface area contributed by atoms with E-state index >= 15 is 0 Å². The summed E-state index contributed by atoms with van der Waals surface area (Å²) in [6.07, 6.45) is -2.34. The van der Waals surface area contributed by atoms with E-state index in [0.29, 0.717) is 18.6 Å². The van der Waals surface area contributed by atoms with Gasteiger partial charge in [-0.2, -0.15) is 13.2 Å². The van der Waals surface area contributed by atoms with Crippen molar-refractivity contribution >= 4 is 5.97 Å². The number of hydrogen-bond donors (Lipinski definition) is 0. The number of halogens is 3. The molecular formula is C24H25F3O3. The molecule has 0 bridgehead atoms. The third kappa shape index (κ3) is 5.30. The summed E-state index contributed by atoms with van der Waals surface area (Å²) in [7, 11) is 0. The molecule has 0 saturated carbocycles. The summed E-state index contributed by atoms with van der Waals surface area (Å²) in [6, 6.07) is 14.9. The average Bonchev–Trinajstić information content (AvgIpc) is 3.14. The highest BCUT2D eigenvalue weighted by Crippen LogP contribution is 2.40. The predicted molar refractivity (Wildman–Crippen MR) is 108 cm³/mol. The maximum absolute atomic E-state index is 12.8. The standard InChI is InChI=1S/C24H25F3O3/c1-3-16(2)23(28)30-15-21-19(14-29-22(21)18-7-5-4-6-8-18)13-17-9-11-20(12-10-17)24(25,26)27/h3-12,19,21-22H,13-15H2,1-2H3/t19-,21-,22+/m0/s1. The zero-order valence-electron chi connectivity index (χ0n) is 17.0. The minimum absolute atomic E-state index is 0.0191. The predicted octanol–water partition coefficient (Wildman–Crippen LogP) is 5.76. The second-order valence-corrected chi connectivity index (χ2v) is 7.56. The fourth-order valence-electron chi connectivity index (χ4n) is 3.68. The number of allylic oxidation sites excluding steroid dienone is 1. The lowest BCUT2D eigenvalue weighted by atomic mass is 9.84. The van der Waals surface area contributed by atoms with E-state index in [2.05, 4.69) is 0 Å². The summed E-state index contributed by atoms with van der Waals surface area (Å²) < 4.78 is 50.0. The average molecular weight is 418 g/mol. The molecule has 1 saturated heterocycles. The third-order valence-electron chi connectivity index (χ3n) is 5.55. The van der Waals surface area contributed by atoms with Gasteiger partial charge in [0.1, 0.15) is 0 Å². The number of carbonyl (C=O) groups is 1. The molecule has 0 spiro atoms. The highest BCUT2D eigenvalue weighted by Gasteiger charge is 2.39. The SMILES string of the molecule is CC=C(C)C(=O)OC[C@H]1[C@@H](Cc2ccc(C(F)(F)F)cc2)CO[C@@H]1c1ccccc1. The summed E-state index contributed by atoms with van der Waals surface area (Å²) in [5, 5.41) is 0. The summed E-state index contributed by atoms with van der Waals surface area (Å²) in [5.74, 6) is -0.446. The molecule has 0 unspecified atom stereocenters. The van der Waals surface area contributed by atoms with Gasteiger partial charge in [-0.1, -0.05) is 48.5 Å². The van der Waals surface area contributed by atoms with E-state index in [-0.39, 0.29) is 30.5 Å². The second kappa shape index (κ2) is 9.47. The van der Waals surface area contributed by atoms with Crippen molar-refractivity contribution in [1.82, 2.24) is 0 Å². The number of carbonyl (C=O) groups excluding carboxylic acids is 1. The van der Waals surface area contributed by atoms with E-state index in [1.165, 1.54) is 12.1 Å². The summed E-state index contributed by atoms with van der Waals surface area (Å²) in [4.78, 5) is 12.1. The molecule has 2 aromatic rings. The normalized spacial score (nSPS) is 22.2. The van der Waals surface area contributed by atoms with Crippen LogP contribution in [0.15, 0.2) is 66.2 Å². The van der Waals surface area contributed by atoms with Crippen molar-refractivity contribution in [3.05, 3.63) is 82.9 Å². The van der Waals surface area contributed by atoms with Gasteiger partial charge >= 0.3 is 12.1 Å². The van der Waals surface area contributed by atoms with Crippen molar-refractivity contribution in [2.24, 2.45) is 11.8 Å². The van der Waals surface area contributed by atoms with Crippen LogP contribution in [0.5, 0.6) is 0 Å². The number of rotatable bonds is 6. The Morgan fingerprint density at radius 2 is 1.80 bits per heavy atom. The molecule has 1 aliphatic rings. The summed E-state index contributed by atoms with van der Waals surface area (Å²) in [6.45, 7) is 4.11. The molecule has 0 aliphatic carbocycles. The monoisotopic (exact) mass is 418 g/mol. The smallest absolute Gasteiger partial charge is 0.416 e. The summed E-state index contributed by atoms with van der Waals surface area (Å²) >= 11 is 0. The lowest BCUT2D eigenvalue weighted by Crippen LogP contribution is -2.24. The van der Waals surface area contributed by atoms with Crippen molar-refractivity contribution in [2.45, 2.75) is 32.5 Å². The molecule has 3 nitrogen and oxygen atoms in total. The Bertz CT molecular complexity index is 873. The molecule has 160 valence electrons. The molecule has 0 N–H and O–H groups in total. The third-order valence-corrected chi connectivity index (χ3v) is 5.55. The van der Waals surface area contributed by atoms with Crippen LogP contribution in [0.1, 0.15) is 36.6 Å². The van der Waals surface area contributed by atoms with Gasteiger partial charge in [0.15, 0.2) is 0 Å². The minimum Gasteiger partial charge on any atom is -0.462 e.